The molecule has 210 valence electrons. The number of alkyl halides is 4. The van der Waals surface area contributed by atoms with Crippen molar-refractivity contribution in [3.8, 4) is 5.75 Å². The molecule has 2 heterocycles. The Hall–Kier alpha value is -2.56. The van der Waals surface area contributed by atoms with Crippen LogP contribution in [0.3, 0.4) is 0 Å². The van der Waals surface area contributed by atoms with E-state index in [1.165, 1.54) is 25.4 Å². The fourth-order valence-corrected chi connectivity index (χ4v) is 6.40. The first-order valence-corrected chi connectivity index (χ1v) is 13.9. The second-order valence-corrected chi connectivity index (χ2v) is 11.2. The second kappa shape index (κ2) is 12.3. The summed E-state index contributed by atoms with van der Waals surface area (Å²) in [4.78, 5) is 18.8. The molecular weight excluding hydrogens is 556 g/mol. The number of rotatable bonds is 10. The van der Waals surface area contributed by atoms with E-state index in [1.54, 1.807) is 24.3 Å². The number of pyridine rings is 1. The number of aliphatic carboxylic acids is 1. The van der Waals surface area contributed by atoms with Crippen LogP contribution in [-0.2, 0) is 11.0 Å². The van der Waals surface area contributed by atoms with Crippen molar-refractivity contribution in [1.29, 1.82) is 0 Å². The van der Waals surface area contributed by atoms with E-state index in [0.717, 1.165) is 17.8 Å². The number of piperidine rings is 1. The number of benzene rings is 2. The average Bonchev–Trinajstić information content (AvgIpc) is 2.91. The number of fused-ring (bicyclic) bond motifs is 1. The molecule has 0 unspecified atom stereocenters. The van der Waals surface area contributed by atoms with E-state index in [0.29, 0.717) is 54.9 Å². The number of methoxy groups -OCH3 is 1. The molecule has 1 aromatic heterocycles. The maximum atomic E-state index is 15.6. The predicted octanol–water partition coefficient (Wildman–Crippen LogP) is 7.67. The highest BCUT2D eigenvalue weighted by atomic mass is 35.5. The minimum absolute atomic E-state index is 0.0214. The van der Waals surface area contributed by atoms with Crippen molar-refractivity contribution in [3.05, 3.63) is 64.8 Å². The molecule has 0 aliphatic carbocycles. The summed E-state index contributed by atoms with van der Waals surface area (Å²) in [6.45, 7) is 1.47. The molecule has 1 atom stereocenters. The van der Waals surface area contributed by atoms with Crippen LogP contribution in [0.4, 0.5) is 17.6 Å². The fraction of sp³-hybridized carbons (Fsp3) is 0.429. The number of nitrogens with zero attached hydrogens (tertiary/aromatic N) is 2. The molecule has 4 rings (SSSR count). The summed E-state index contributed by atoms with van der Waals surface area (Å²) >= 11 is 7.46. The Kier molecular flexibility index (Phi) is 9.29. The van der Waals surface area contributed by atoms with Crippen LogP contribution in [0.1, 0.15) is 43.0 Å². The number of halogens is 5. The SMILES string of the molecule is COc1ccc2ncc(Cl)c([C@H](F)CCC3(C(=O)O)CCN(CCSc4ccccc4C(F)(F)F)CC3)c2c1. The lowest BCUT2D eigenvalue weighted by atomic mass is 9.74. The molecule has 1 aliphatic heterocycles. The van der Waals surface area contributed by atoms with Gasteiger partial charge in [-0.1, -0.05) is 23.7 Å². The van der Waals surface area contributed by atoms with Gasteiger partial charge in [-0.05, 0) is 69.1 Å². The highest BCUT2D eigenvalue weighted by Crippen LogP contribution is 2.42. The number of hydrogen-bond acceptors (Lipinski definition) is 5. The van der Waals surface area contributed by atoms with Gasteiger partial charge in [-0.3, -0.25) is 9.78 Å². The first-order chi connectivity index (χ1) is 18.5. The number of carboxylic acids is 1. The minimum atomic E-state index is -4.41. The van der Waals surface area contributed by atoms with Crippen LogP contribution in [0.5, 0.6) is 5.75 Å². The van der Waals surface area contributed by atoms with Crippen molar-refractivity contribution in [2.45, 2.75) is 42.9 Å². The third-order valence-electron chi connectivity index (χ3n) is 7.38. The van der Waals surface area contributed by atoms with Crippen molar-refractivity contribution in [2.24, 2.45) is 5.41 Å². The first kappa shape index (κ1) is 29.4. The summed E-state index contributed by atoms with van der Waals surface area (Å²) in [6.07, 6.45) is -3.73. The van der Waals surface area contributed by atoms with E-state index < -0.39 is 29.3 Å². The number of carboxylic acid groups (broad SMARTS) is 1. The Morgan fingerprint density at radius 3 is 2.62 bits per heavy atom. The number of thioether (sulfide) groups is 1. The number of aromatic nitrogens is 1. The van der Waals surface area contributed by atoms with Crippen molar-refractivity contribution in [3.63, 3.8) is 0 Å². The van der Waals surface area contributed by atoms with E-state index in [1.807, 2.05) is 0 Å². The summed E-state index contributed by atoms with van der Waals surface area (Å²) in [6, 6.07) is 10.6. The van der Waals surface area contributed by atoms with E-state index in [2.05, 4.69) is 9.88 Å². The molecule has 3 aromatic rings. The Balaban J connectivity index is 1.37. The van der Waals surface area contributed by atoms with Crippen LogP contribution in [-0.4, -0.2) is 53.5 Å². The highest BCUT2D eigenvalue weighted by molar-refractivity contribution is 7.99. The fourth-order valence-electron chi connectivity index (χ4n) is 5.05. The van der Waals surface area contributed by atoms with Crippen molar-refractivity contribution >= 4 is 40.2 Å². The Morgan fingerprint density at radius 2 is 1.95 bits per heavy atom. The maximum Gasteiger partial charge on any atom is 0.417 e. The molecule has 1 aliphatic rings. The van der Waals surface area contributed by atoms with Gasteiger partial charge in [-0.15, -0.1) is 11.8 Å². The maximum absolute atomic E-state index is 15.6. The molecule has 5 nitrogen and oxygen atoms in total. The molecular formula is C28H29ClF4N2O3S. The van der Waals surface area contributed by atoms with E-state index in [9.17, 15) is 23.1 Å². The summed E-state index contributed by atoms with van der Waals surface area (Å²) in [5.41, 5.74) is -0.895. The monoisotopic (exact) mass is 584 g/mol. The summed E-state index contributed by atoms with van der Waals surface area (Å²) in [5, 5.41) is 10.8. The minimum Gasteiger partial charge on any atom is -0.497 e. The number of carbonyl (C=O) groups is 1. The topological polar surface area (TPSA) is 62.7 Å². The number of hydrogen-bond donors (Lipinski definition) is 1. The summed E-state index contributed by atoms with van der Waals surface area (Å²) in [5.74, 6) is 0.0150. The van der Waals surface area contributed by atoms with Crippen molar-refractivity contribution < 1.29 is 32.2 Å². The normalized spacial score (nSPS) is 16.8. The van der Waals surface area contributed by atoms with Gasteiger partial charge in [0, 0.05) is 34.3 Å². The zero-order chi connectivity index (χ0) is 28.2. The van der Waals surface area contributed by atoms with Gasteiger partial charge in [-0.25, -0.2) is 4.39 Å². The average molecular weight is 585 g/mol. The van der Waals surface area contributed by atoms with Gasteiger partial charge in [0.2, 0.25) is 0 Å². The van der Waals surface area contributed by atoms with Crippen LogP contribution in [0, 0.1) is 5.41 Å². The zero-order valence-corrected chi connectivity index (χ0v) is 22.9. The summed E-state index contributed by atoms with van der Waals surface area (Å²) in [7, 11) is 1.51. The lowest BCUT2D eigenvalue weighted by Crippen LogP contribution is -2.45. The van der Waals surface area contributed by atoms with Crippen LogP contribution < -0.4 is 4.74 Å². The summed E-state index contributed by atoms with van der Waals surface area (Å²) < 4.78 is 60.6. The molecule has 1 saturated heterocycles. The molecule has 39 heavy (non-hydrogen) atoms. The van der Waals surface area contributed by atoms with Gasteiger partial charge in [-0.2, -0.15) is 13.2 Å². The van der Waals surface area contributed by atoms with Gasteiger partial charge in [0.05, 0.1) is 28.6 Å². The standard InChI is InChI=1S/C28H29ClF4N2O3S/c1-38-18-6-7-23-19(16-18)25(21(29)17-34-23)22(30)8-9-27(26(36)37)10-12-35(13-11-27)14-15-39-24-5-3-2-4-20(24)28(31,32)33/h2-7,16-17,22H,8-15H2,1H3,(H,36,37)/t22-/m1/s1. The quantitative estimate of drug-likeness (QED) is 0.195. The molecule has 1 fully saturated rings. The Bertz CT molecular complexity index is 1320. The molecule has 0 saturated carbocycles. The van der Waals surface area contributed by atoms with Gasteiger partial charge in [0.25, 0.3) is 0 Å². The predicted molar refractivity (Wildman–Crippen MR) is 144 cm³/mol. The van der Waals surface area contributed by atoms with Crippen molar-refractivity contribution in [1.82, 2.24) is 9.88 Å². The molecule has 0 radical (unpaired) electrons. The first-order valence-electron chi connectivity index (χ1n) is 12.5. The molecule has 0 amide bonds. The molecule has 1 N–H and O–H groups in total. The van der Waals surface area contributed by atoms with Gasteiger partial charge < -0.3 is 14.7 Å². The van der Waals surface area contributed by atoms with Gasteiger partial charge in [0.1, 0.15) is 11.9 Å². The van der Waals surface area contributed by atoms with Crippen LogP contribution >= 0.6 is 23.4 Å². The smallest absolute Gasteiger partial charge is 0.417 e. The molecule has 0 bridgehead atoms. The van der Waals surface area contributed by atoms with Crippen LogP contribution in [0.15, 0.2) is 53.6 Å². The van der Waals surface area contributed by atoms with Gasteiger partial charge in [0.15, 0.2) is 0 Å². The largest absolute Gasteiger partial charge is 0.497 e. The van der Waals surface area contributed by atoms with Gasteiger partial charge >= 0.3 is 12.1 Å². The second-order valence-electron chi connectivity index (χ2n) is 9.68. The third-order valence-corrected chi connectivity index (χ3v) is 8.74. The lowest BCUT2D eigenvalue weighted by molar-refractivity contribution is -0.153. The zero-order valence-electron chi connectivity index (χ0n) is 21.3. The molecule has 0 spiro atoms. The number of likely N-dealkylation sites (tertiary alicyclic amines) is 1. The van der Waals surface area contributed by atoms with E-state index >= 15 is 4.39 Å². The molecule has 2 aromatic carbocycles. The van der Waals surface area contributed by atoms with Crippen LogP contribution in [0.25, 0.3) is 10.9 Å². The Labute approximate surface area is 233 Å². The molecule has 11 heteroatoms. The third kappa shape index (κ3) is 6.78. The van der Waals surface area contributed by atoms with E-state index in [-0.39, 0.29) is 28.3 Å². The highest BCUT2D eigenvalue weighted by Gasteiger charge is 2.42. The van der Waals surface area contributed by atoms with E-state index in [4.69, 9.17) is 16.3 Å². The lowest BCUT2D eigenvalue weighted by Gasteiger charge is -2.39. The van der Waals surface area contributed by atoms with Crippen LogP contribution in [0.2, 0.25) is 5.02 Å². The van der Waals surface area contributed by atoms with Crippen molar-refractivity contribution in [2.75, 3.05) is 32.5 Å². The Morgan fingerprint density at radius 1 is 1.23 bits per heavy atom. The number of ether oxygens (including phenoxy) is 1.